The van der Waals surface area contributed by atoms with Gasteiger partial charge in [0.2, 0.25) is 5.91 Å². The first kappa shape index (κ1) is 19.3. The summed E-state index contributed by atoms with van der Waals surface area (Å²) in [6.07, 6.45) is 2.09. The van der Waals surface area contributed by atoms with Crippen molar-refractivity contribution in [1.82, 2.24) is 15.1 Å². The van der Waals surface area contributed by atoms with Crippen molar-refractivity contribution in [3.63, 3.8) is 0 Å². The molecule has 0 spiro atoms. The number of carbonyl (C=O) groups is 1. The minimum absolute atomic E-state index is 0. The lowest BCUT2D eigenvalue weighted by atomic mass is 10.2. The van der Waals surface area contributed by atoms with E-state index in [9.17, 15) is 4.79 Å². The van der Waals surface area contributed by atoms with Crippen molar-refractivity contribution in [2.75, 3.05) is 45.9 Å². The standard InChI is InChI=1S/C17H24ClN3O2.ClH/c18-14-3-5-15(6-4-14)23-13-12-20-8-10-21(11-9-20)17(22)16-2-1-7-19-16;/h3-6,16,19H,1-2,7-13H2;1H. The van der Waals surface area contributed by atoms with E-state index in [2.05, 4.69) is 10.2 Å². The van der Waals surface area contributed by atoms with E-state index in [4.69, 9.17) is 16.3 Å². The van der Waals surface area contributed by atoms with Gasteiger partial charge in [0.1, 0.15) is 12.4 Å². The lowest BCUT2D eigenvalue weighted by Gasteiger charge is -2.35. The van der Waals surface area contributed by atoms with E-state index in [1.165, 1.54) is 0 Å². The van der Waals surface area contributed by atoms with E-state index in [1.54, 1.807) is 0 Å². The molecule has 1 atom stereocenters. The van der Waals surface area contributed by atoms with E-state index in [-0.39, 0.29) is 24.4 Å². The van der Waals surface area contributed by atoms with Crippen molar-refractivity contribution in [3.8, 4) is 5.75 Å². The fourth-order valence-electron chi connectivity index (χ4n) is 3.13. The molecule has 2 aliphatic rings. The van der Waals surface area contributed by atoms with Crippen LogP contribution in [0.2, 0.25) is 5.02 Å². The zero-order valence-electron chi connectivity index (χ0n) is 13.7. The van der Waals surface area contributed by atoms with Crippen LogP contribution in [0.25, 0.3) is 0 Å². The van der Waals surface area contributed by atoms with Crippen molar-refractivity contribution >= 4 is 29.9 Å². The zero-order chi connectivity index (χ0) is 16.1. The topological polar surface area (TPSA) is 44.8 Å². The second-order valence-corrected chi connectivity index (χ2v) is 6.55. The van der Waals surface area contributed by atoms with Crippen molar-refractivity contribution < 1.29 is 9.53 Å². The Balaban J connectivity index is 0.00000208. The smallest absolute Gasteiger partial charge is 0.239 e. The number of nitrogens with zero attached hydrogens (tertiary/aromatic N) is 2. The second-order valence-electron chi connectivity index (χ2n) is 6.12. The van der Waals surface area contributed by atoms with Crippen LogP contribution in [0.1, 0.15) is 12.8 Å². The number of halogens is 2. The fraction of sp³-hybridized carbons (Fsp3) is 0.588. The van der Waals surface area contributed by atoms with Crippen LogP contribution in [-0.4, -0.2) is 67.6 Å². The molecular weight excluding hydrogens is 349 g/mol. The van der Waals surface area contributed by atoms with Crippen LogP contribution in [0.15, 0.2) is 24.3 Å². The van der Waals surface area contributed by atoms with Gasteiger partial charge < -0.3 is 15.0 Å². The van der Waals surface area contributed by atoms with E-state index in [1.807, 2.05) is 29.2 Å². The highest BCUT2D eigenvalue weighted by Gasteiger charge is 2.28. The molecule has 1 aromatic carbocycles. The number of piperazine rings is 1. The molecule has 2 heterocycles. The largest absolute Gasteiger partial charge is 0.492 e. The number of carbonyl (C=O) groups excluding carboxylic acids is 1. The summed E-state index contributed by atoms with van der Waals surface area (Å²) in [5.74, 6) is 1.12. The van der Waals surface area contributed by atoms with Gasteiger partial charge in [0.05, 0.1) is 6.04 Å². The molecule has 0 radical (unpaired) electrons. The SMILES string of the molecule is Cl.O=C(C1CCCN1)N1CCN(CCOc2ccc(Cl)cc2)CC1. The Kier molecular flexibility index (Phi) is 7.62. The quantitative estimate of drug-likeness (QED) is 0.857. The second kappa shape index (κ2) is 9.47. The van der Waals surface area contributed by atoms with Gasteiger partial charge in [-0.1, -0.05) is 11.6 Å². The predicted octanol–water partition coefficient (Wildman–Crippen LogP) is 2.04. The third-order valence-corrected chi connectivity index (χ3v) is 4.78. The average molecular weight is 374 g/mol. The number of amides is 1. The number of hydrogen-bond acceptors (Lipinski definition) is 4. The van der Waals surface area contributed by atoms with Crippen molar-refractivity contribution in [3.05, 3.63) is 29.3 Å². The Morgan fingerprint density at radius 2 is 1.92 bits per heavy atom. The minimum atomic E-state index is 0. The van der Waals surface area contributed by atoms with Crippen LogP contribution in [0, 0.1) is 0 Å². The molecule has 0 bridgehead atoms. The van der Waals surface area contributed by atoms with Gasteiger partial charge in [-0.3, -0.25) is 9.69 Å². The molecule has 3 rings (SSSR count). The maximum atomic E-state index is 12.3. The van der Waals surface area contributed by atoms with Gasteiger partial charge in [0.25, 0.3) is 0 Å². The fourth-order valence-corrected chi connectivity index (χ4v) is 3.26. The van der Waals surface area contributed by atoms with Crippen LogP contribution >= 0.6 is 24.0 Å². The molecule has 0 saturated carbocycles. The number of rotatable bonds is 5. The molecule has 0 aromatic heterocycles. The normalized spacial score (nSPS) is 21.4. The molecule has 24 heavy (non-hydrogen) atoms. The molecule has 7 heteroatoms. The summed E-state index contributed by atoms with van der Waals surface area (Å²) in [6.45, 7) is 5.98. The Bertz CT molecular complexity index is 513. The zero-order valence-corrected chi connectivity index (χ0v) is 15.3. The summed E-state index contributed by atoms with van der Waals surface area (Å²) < 4.78 is 5.73. The highest BCUT2D eigenvalue weighted by Crippen LogP contribution is 2.15. The van der Waals surface area contributed by atoms with Crippen LogP contribution in [0.3, 0.4) is 0 Å². The molecule has 2 aliphatic heterocycles. The third-order valence-electron chi connectivity index (χ3n) is 4.53. The number of benzene rings is 1. The van der Waals surface area contributed by atoms with Gasteiger partial charge in [0.15, 0.2) is 0 Å². The predicted molar refractivity (Wildman–Crippen MR) is 98.2 cm³/mol. The Morgan fingerprint density at radius 1 is 1.21 bits per heavy atom. The van der Waals surface area contributed by atoms with Crippen LogP contribution in [0.4, 0.5) is 0 Å². The number of hydrogen-bond donors (Lipinski definition) is 1. The van der Waals surface area contributed by atoms with Gasteiger partial charge >= 0.3 is 0 Å². The highest BCUT2D eigenvalue weighted by atomic mass is 35.5. The molecule has 2 saturated heterocycles. The molecular formula is C17H25Cl2N3O2. The van der Waals surface area contributed by atoms with Crippen molar-refractivity contribution in [1.29, 1.82) is 0 Å². The number of ether oxygens (including phenoxy) is 1. The first-order valence-electron chi connectivity index (χ1n) is 8.35. The van der Waals surface area contributed by atoms with Gasteiger partial charge in [-0.2, -0.15) is 0 Å². The van der Waals surface area contributed by atoms with E-state index in [0.29, 0.717) is 6.61 Å². The summed E-state index contributed by atoms with van der Waals surface area (Å²) in [5, 5.41) is 4.00. The van der Waals surface area contributed by atoms with Crippen molar-refractivity contribution in [2.24, 2.45) is 0 Å². The van der Waals surface area contributed by atoms with Gasteiger partial charge in [-0.25, -0.2) is 0 Å². The third kappa shape index (κ3) is 5.24. The first-order chi connectivity index (χ1) is 11.2. The lowest BCUT2D eigenvalue weighted by Crippen LogP contribution is -2.53. The minimum Gasteiger partial charge on any atom is -0.492 e. The van der Waals surface area contributed by atoms with Crippen LogP contribution in [0.5, 0.6) is 5.75 Å². The number of nitrogens with one attached hydrogen (secondary N) is 1. The Morgan fingerprint density at radius 3 is 2.54 bits per heavy atom. The molecule has 2 fully saturated rings. The summed E-state index contributed by atoms with van der Waals surface area (Å²) in [4.78, 5) is 16.7. The van der Waals surface area contributed by atoms with Crippen LogP contribution < -0.4 is 10.1 Å². The van der Waals surface area contributed by atoms with Crippen LogP contribution in [-0.2, 0) is 4.79 Å². The van der Waals surface area contributed by atoms with Gasteiger partial charge in [0, 0.05) is 37.7 Å². The monoisotopic (exact) mass is 373 g/mol. The molecule has 0 aliphatic carbocycles. The maximum Gasteiger partial charge on any atom is 0.239 e. The summed E-state index contributed by atoms with van der Waals surface area (Å²) in [6, 6.07) is 7.48. The Hall–Kier alpha value is -1.01. The molecule has 1 unspecified atom stereocenters. The molecule has 5 nitrogen and oxygen atoms in total. The molecule has 134 valence electrons. The first-order valence-corrected chi connectivity index (χ1v) is 8.73. The van der Waals surface area contributed by atoms with E-state index < -0.39 is 0 Å². The molecule has 1 aromatic rings. The van der Waals surface area contributed by atoms with Crippen molar-refractivity contribution in [2.45, 2.75) is 18.9 Å². The van der Waals surface area contributed by atoms with Gasteiger partial charge in [-0.15, -0.1) is 12.4 Å². The van der Waals surface area contributed by atoms with E-state index >= 15 is 0 Å². The molecule has 1 N–H and O–H groups in total. The average Bonchev–Trinajstić information content (AvgIpc) is 3.11. The Labute approximate surface area is 154 Å². The highest BCUT2D eigenvalue weighted by molar-refractivity contribution is 6.30. The van der Waals surface area contributed by atoms with Gasteiger partial charge in [-0.05, 0) is 43.7 Å². The summed E-state index contributed by atoms with van der Waals surface area (Å²) >= 11 is 5.85. The summed E-state index contributed by atoms with van der Waals surface area (Å²) in [5.41, 5.74) is 0. The lowest BCUT2D eigenvalue weighted by molar-refractivity contribution is -0.134. The molecule has 1 amide bonds. The maximum absolute atomic E-state index is 12.3. The summed E-state index contributed by atoms with van der Waals surface area (Å²) in [7, 11) is 0. The van der Waals surface area contributed by atoms with E-state index in [0.717, 1.165) is 62.9 Å².